The Hall–Kier alpha value is -2.37. The average molecular weight is 561 g/mol. The van der Waals surface area contributed by atoms with Gasteiger partial charge in [-0.1, -0.05) is 47.6 Å². The lowest BCUT2D eigenvalue weighted by molar-refractivity contribution is -0.123. The van der Waals surface area contributed by atoms with Crippen LogP contribution in [0.1, 0.15) is 36.1 Å². The predicted octanol–water partition coefficient (Wildman–Crippen LogP) is 5.80. The Bertz CT molecular complexity index is 1480. The maximum absolute atomic E-state index is 14.2. The number of piperidine rings is 1. The van der Waals surface area contributed by atoms with Gasteiger partial charge in [0.1, 0.15) is 10.3 Å². The number of amides is 1. The minimum atomic E-state index is -3.87. The Balaban J connectivity index is 1.57. The predicted molar refractivity (Wildman–Crippen MR) is 145 cm³/mol. The van der Waals surface area contributed by atoms with Crippen molar-refractivity contribution in [2.45, 2.75) is 49.9 Å². The van der Waals surface area contributed by atoms with E-state index in [0.29, 0.717) is 28.0 Å². The third kappa shape index (κ3) is 4.80. The number of carbonyl (C=O) groups excluding carboxylic acids is 1. The summed E-state index contributed by atoms with van der Waals surface area (Å²) < 4.78 is 30.0. The van der Waals surface area contributed by atoms with Crippen molar-refractivity contribution in [2.24, 2.45) is 0 Å². The minimum absolute atomic E-state index is 0.148. The van der Waals surface area contributed by atoms with Crippen LogP contribution in [0, 0.1) is 13.8 Å². The van der Waals surface area contributed by atoms with Crippen LogP contribution in [0.3, 0.4) is 0 Å². The Labute approximate surface area is 223 Å². The molecule has 0 radical (unpaired) electrons. The zero-order valence-corrected chi connectivity index (χ0v) is 23.1. The van der Waals surface area contributed by atoms with E-state index in [0.717, 1.165) is 39.1 Å². The van der Waals surface area contributed by atoms with E-state index in [2.05, 4.69) is 4.98 Å². The van der Waals surface area contributed by atoms with Gasteiger partial charge in [0.25, 0.3) is 10.0 Å². The molecule has 0 aliphatic carbocycles. The van der Waals surface area contributed by atoms with Gasteiger partial charge < -0.3 is 0 Å². The summed E-state index contributed by atoms with van der Waals surface area (Å²) in [6, 6.07) is 11.9. The number of thiophene rings is 1. The van der Waals surface area contributed by atoms with Gasteiger partial charge >= 0.3 is 0 Å². The largest absolute Gasteiger partial charge is 0.281 e. The molecule has 3 aromatic heterocycles. The number of rotatable bonds is 6. The van der Waals surface area contributed by atoms with Crippen LogP contribution in [-0.2, 0) is 21.4 Å². The zero-order chi connectivity index (χ0) is 25.4. The van der Waals surface area contributed by atoms with E-state index in [1.807, 2.05) is 44.2 Å². The highest BCUT2D eigenvalue weighted by Gasteiger charge is 2.41. The average Bonchev–Trinajstić information content (AvgIpc) is 3.53. The van der Waals surface area contributed by atoms with E-state index in [1.165, 1.54) is 21.7 Å². The first-order valence-electron chi connectivity index (χ1n) is 11.6. The van der Waals surface area contributed by atoms with E-state index in [1.54, 1.807) is 17.2 Å². The van der Waals surface area contributed by atoms with Gasteiger partial charge in [-0.25, -0.2) is 13.4 Å². The van der Waals surface area contributed by atoms with Crippen LogP contribution in [0.25, 0.3) is 10.2 Å². The van der Waals surface area contributed by atoms with Crippen LogP contribution in [0.2, 0.25) is 4.34 Å². The molecule has 1 fully saturated rings. The van der Waals surface area contributed by atoms with Crippen molar-refractivity contribution in [2.75, 3.05) is 11.4 Å². The molecule has 1 aliphatic heterocycles. The number of aromatic nitrogens is 2. The molecule has 36 heavy (non-hydrogen) atoms. The van der Waals surface area contributed by atoms with Crippen LogP contribution < -0.4 is 4.90 Å². The van der Waals surface area contributed by atoms with Crippen LogP contribution in [0.5, 0.6) is 0 Å². The number of thiazole rings is 1. The van der Waals surface area contributed by atoms with Crippen molar-refractivity contribution in [3.8, 4) is 0 Å². The Kier molecular flexibility index (Phi) is 7.15. The van der Waals surface area contributed by atoms with Crippen LogP contribution in [-0.4, -0.2) is 41.2 Å². The number of hydrogen-bond donors (Lipinski definition) is 0. The van der Waals surface area contributed by atoms with Crippen LogP contribution in [0.4, 0.5) is 5.13 Å². The molecule has 1 aliphatic rings. The normalized spacial score (nSPS) is 16.9. The molecule has 1 atom stereocenters. The first-order chi connectivity index (χ1) is 17.3. The smallest absolute Gasteiger partial charge is 0.253 e. The third-order valence-electron chi connectivity index (χ3n) is 6.32. The summed E-state index contributed by atoms with van der Waals surface area (Å²) in [5, 5.41) is 0.542. The van der Waals surface area contributed by atoms with Crippen molar-refractivity contribution in [3.05, 3.63) is 69.8 Å². The molecule has 188 valence electrons. The minimum Gasteiger partial charge on any atom is -0.281 e. The van der Waals surface area contributed by atoms with Crippen molar-refractivity contribution < 1.29 is 13.2 Å². The highest BCUT2D eigenvalue weighted by Crippen LogP contribution is 2.36. The van der Waals surface area contributed by atoms with Crippen LogP contribution >= 0.6 is 34.3 Å². The molecule has 1 aromatic carbocycles. The van der Waals surface area contributed by atoms with Gasteiger partial charge in [-0.2, -0.15) is 4.31 Å². The number of nitrogens with zero attached hydrogens (tertiary/aromatic N) is 4. The fourth-order valence-electron chi connectivity index (χ4n) is 4.43. The lowest BCUT2D eigenvalue weighted by atomic mass is 10.0. The lowest BCUT2D eigenvalue weighted by Gasteiger charge is -2.35. The molecule has 0 saturated carbocycles. The molecule has 7 nitrogen and oxygen atoms in total. The molecule has 11 heteroatoms. The van der Waals surface area contributed by atoms with Crippen molar-refractivity contribution in [3.63, 3.8) is 0 Å². The van der Waals surface area contributed by atoms with Gasteiger partial charge in [-0.3, -0.25) is 14.7 Å². The lowest BCUT2D eigenvalue weighted by Crippen LogP contribution is -2.52. The highest BCUT2D eigenvalue weighted by atomic mass is 35.5. The van der Waals surface area contributed by atoms with E-state index in [4.69, 9.17) is 16.6 Å². The summed E-state index contributed by atoms with van der Waals surface area (Å²) in [5.41, 5.74) is 3.67. The Morgan fingerprint density at radius 3 is 2.61 bits per heavy atom. The summed E-state index contributed by atoms with van der Waals surface area (Å²) in [5.74, 6) is -0.291. The maximum Gasteiger partial charge on any atom is 0.253 e. The molecular weight excluding hydrogens is 536 g/mol. The SMILES string of the molecule is Cc1ccc(C)c2sc(N(Cc3ccccn3)C(=O)C3CCCCN3S(=O)(=O)c3ccc(Cl)s3)nc12. The number of halogens is 1. The summed E-state index contributed by atoms with van der Waals surface area (Å²) in [6.45, 7) is 4.50. The molecular formula is C25H25ClN4O3S3. The Morgan fingerprint density at radius 1 is 1.11 bits per heavy atom. The highest BCUT2D eigenvalue weighted by molar-refractivity contribution is 7.91. The molecule has 1 saturated heterocycles. The summed E-state index contributed by atoms with van der Waals surface area (Å²) in [4.78, 5) is 25.0. The molecule has 1 unspecified atom stereocenters. The molecule has 4 heterocycles. The second-order valence-electron chi connectivity index (χ2n) is 8.80. The molecule has 0 N–H and O–H groups in total. The topological polar surface area (TPSA) is 83.5 Å². The number of sulfonamides is 1. The summed E-state index contributed by atoms with van der Waals surface area (Å²) >= 11 is 8.49. The number of aryl methyl sites for hydroxylation is 2. The molecule has 1 amide bonds. The standard InChI is InChI=1S/C25H25ClN4O3S3/c1-16-9-10-17(2)23-22(16)28-25(35-23)29(15-18-7-3-5-13-27-18)24(31)19-8-4-6-14-30(19)36(32,33)21-12-11-20(26)34-21/h3,5,7,9-13,19H,4,6,8,14-15H2,1-2H3. The molecule has 5 rings (SSSR count). The monoisotopic (exact) mass is 560 g/mol. The fraction of sp³-hybridized carbons (Fsp3) is 0.320. The van der Waals surface area contributed by atoms with Gasteiger partial charge in [0.2, 0.25) is 5.91 Å². The van der Waals surface area contributed by atoms with E-state index >= 15 is 0 Å². The summed E-state index contributed by atoms with van der Waals surface area (Å²) in [7, 11) is -3.87. The van der Waals surface area contributed by atoms with E-state index < -0.39 is 16.1 Å². The first-order valence-corrected chi connectivity index (χ1v) is 15.1. The molecule has 0 spiro atoms. The van der Waals surface area contributed by atoms with Crippen molar-refractivity contribution in [1.29, 1.82) is 0 Å². The number of pyridine rings is 1. The fourth-order valence-corrected chi connectivity index (χ4v) is 8.81. The number of hydrogen-bond acceptors (Lipinski definition) is 7. The quantitative estimate of drug-likeness (QED) is 0.297. The van der Waals surface area contributed by atoms with Crippen LogP contribution in [0.15, 0.2) is 52.9 Å². The van der Waals surface area contributed by atoms with Gasteiger partial charge in [0.15, 0.2) is 5.13 Å². The van der Waals surface area contributed by atoms with Crippen molar-refractivity contribution in [1.82, 2.24) is 14.3 Å². The van der Waals surface area contributed by atoms with Crippen molar-refractivity contribution >= 4 is 65.6 Å². The second kappa shape index (κ2) is 10.2. The third-order valence-corrected chi connectivity index (χ3v) is 11.1. The molecule has 0 bridgehead atoms. The van der Waals surface area contributed by atoms with Gasteiger partial charge in [0, 0.05) is 12.7 Å². The maximum atomic E-state index is 14.2. The number of carbonyl (C=O) groups is 1. The number of benzene rings is 1. The first kappa shape index (κ1) is 25.3. The Morgan fingerprint density at radius 2 is 1.92 bits per heavy atom. The second-order valence-corrected chi connectivity index (χ2v) is 13.6. The number of anilines is 1. The number of fused-ring (bicyclic) bond motifs is 1. The molecule has 4 aromatic rings. The van der Waals surface area contributed by atoms with Gasteiger partial charge in [-0.15, -0.1) is 11.3 Å². The zero-order valence-electron chi connectivity index (χ0n) is 19.8. The van der Waals surface area contributed by atoms with E-state index in [9.17, 15) is 13.2 Å². The summed E-state index contributed by atoms with van der Waals surface area (Å²) in [6.07, 6.45) is 3.59. The van der Waals surface area contributed by atoms with E-state index in [-0.39, 0.29) is 23.2 Å². The van der Waals surface area contributed by atoms with Gasteiger partial charge in [0.05, 0.1) is 26.8 Å². The van der Waals surface area contributed by atoms with Gasteiger partial charge in [-0.05, 0) is 62.1 Å².